The van der Waals surface area contributed by atoms with E-state index >= 15 is 0 Å². The van der Waals surface area contributed by atoms with Crippen LogP contribution in [0, 0.1) is 5.92 Å². The van der Waals surface area contributed by atoms with Gasteiger partial charge in [-0.25, -0.2) is 0 Å². The Morgan fingerprint density at radius 3 is 2.67 bits per heavy atom. The second-order valence-electron chi connectivity index (χ2n) is 5.01. The van der Waals surface area contributed by atoms with E-state index in [4.69, 9.17) is 9.84 Å². The monoisotopic (exact) mass is 213 g/mol. The van der Waals surface area contributed by atoms with Crippen LogP contribution >= 0.6 is 0 Å². The molecule has 2 N–H and O–H groups in total. The molecule has 0 aromatic carbocycles. The van der Waals surface area contributed by atoms with E-state index in [2.05, 4.69) is 12.2 Å². The Morgan fingerprint density at radius 2 is 2.13 bits per heavy atom. The molecule has 1 spiro atoms. The van der Waals surface area contributed by atoms with Crippen LogP contribution in [0.5, 0.6) is 0 Å². The van der Waals surface area contributed by atoms with Crippen LogP contribution in [0.25, 0.3) is 0 Å². The number of rotatable bonds is 3. The van der Waals surface area contributed by atoms with Crippen LogP contribution in [0.15, 0.2) is 0 Å². The fourth-order valence-electron chi connectivity index (χ4n) is 2.84. The molecule has 0 amide bonds. The van der Waals surface area contributed by atoms with Crippen LogP contribution < -0.4 is 5.32 Å². The Bertz CT molecular complexity index is 200. The summed E-state index contributed by atoms with van der Waals surface area (Å²) in [6.45, 7) is 3.42. The maximum Gasteiger partial charge on any atom is 0.119 e. The molecule has 2 rings (SSSR count). The fourth-order valence-corrected chi connectivity index (χ4v) is 2.84. The molecule has 1 saturated heterocycles. The summed E-state index contributed by atoms with van der Waals surface area (Å²) in [5, 5.41) is 12.5. The third-order valence-electron chi connectivity index (χ3n) is 3.97. The fraction of sp³-hybridized carbons (Fsp3) is 1.00. The highest BCUT2D eigenvalue weighted by Gasteiger charge is 2.41. The normalized spacial score (nSPS) is 41.2. The first-order valence-electron chi connectivity index (χ1n) is 6.30. The summed E-state index contributed by atoms with van der Waals surface area (Å²) in [6.07, 6.45) is 6.76. The Kier molecular flexibility index (Phi) is 3.65. The Balaban J connectivity index is 1.82. The lowest BCUT2D eigenvalue weighted by Crippen LogP contribution is -2.46. The van der Waals surface area contributed by atoms with Gasteiger partial charge in [-0.2, -0.15) is 0 Å². The van der Waals surface area contributed by atoms with Crippen molar-refractivity contribution in [2.75, 3.05) is 13.2 Å². The standard InChI is InChI=1S/C12H23NO2/c1-2-11-9-15-12(13-11)6-3-10(4-7-12)5-8-14/h10-11,13-14H,2-9H2,1H3. The molecule has 3 nitrogen and oxygen atoms in total. The second kappa shape index (κ2) is 4.81. The number of aliphatic hydroxyl groups excluding tert-OH is 1. The lowest BCUT2D eigenvalue weighted by atomic mass is 9.82. The second-order valence-corrected chi connectivity index (χ2v) is 5.01. The van der Waals surface area contributed by atoms with Gasteiger partial charge in [0.1, 0.15) is 5.72 Å². The Hall–Kier alpha value is -0.120. The number of hydrogen-bond acceptors (Lipinski definition) is 3. The molecule has 1 saturated carbocycles. The minimum atomic E-state index is -0.00731. The molecule has 2 aliphatic rings. The van der Waals surface area contributed by atoms with Crippen molar-refractivity contribution < 1.29 is 9.84 Å². The average Bonchev–Trinajstić information content (AvgIpc) is 2.66. The summed E-state index contributed by atoms with van der Waals surface area (Å²) in [5.41, 5.74) is -0.00731. The molecule has 1 aliphatic carbocycles. The summed E-state index contributed by atoms with van der Waals surface area (Å²) >= 11 is 0. The predicted molar refractivity (Wildman–Crippen MR) is 59.6 cm³/mol. The molecule has 3 heteroatoms. The predicted octanol–water partition coefficient (Wildman–Crippen LogP) is 1.65. The third-order valence-corrected chi connectivity index (χ3v) is 3.97. The first-order valence-corrected chi connectivity index (χ1v) is 6.30. The maximum absolute atomic E-state index is 8.91. The molecule has 1 atom stereocenters. The SMILES string of the molecule is CCC1COC2(CCC(CCO)CC2)N1. The molecule has 2 fully saturated rings. The van der Waals surface area contributed by atoms with E-state index < -0.39 is 0 Å². The van der Waals surface area contributed by atoms with Gasteiger partial charge in [0.2, 0.25) is 0 Å². The van der Waals surface area contributed by atoms with Gasteiger partial charge in [-0.3, -0.25) is 5.32 Å². The molecular weight excluding hydrogens is 190 g/mol. The zero-order chi connectivity index (χ0) is 10.7. The lowest BCUT2D eigenvalue weighted by Gasteiger charge is -2.36. The molecule has 1 heterocycles. The zero-order valence-corrected chi connectivity index (χ0v) is 9.67. The van der Waals surface area contributed by atoms with E-state index in [1.54, 1.807) is 0 Å². The van der Waals surface area contributed by atoms with Crippen molar-refractivity contribution in [3.63, 3.8) is 0 Å². The molecule has 0 aromatic heterocycles. The first kappa shape index (κ1) is 11.4. The quantitative estimate of drug-likeness (QED) is 0.749. The summed E-state index contributed by atoms with van der Waals surface area (Å²) in [7, 11) is 0. The van der Waals surface area contributed by atoms with Gasteiger partial charge < -0.3 is 9.84 Å². The maximum atomic E-state index is 8.91. The van der Waals surface area contributed by atoms with Gasteiger partial charge in [0, 0.05) is 12.6 Å². The number of nitrogens with one attached hydrogen (secondary N) is 1. The van der Waals surface area contributed by atoms with Crippen LogP contribution in [0.2, 0.25) is 0 Å². The largest absolute Gasteiger partial charge is 0.396 e. The smallest absolute Gasteiger partial charge is 0.119 e. The number of ether oxygens (including phenoxy) is 1. The Morgan fingerprint density at radius 1 is 1.40 bits per heavy atom. The summed E-state index contributed by atoms with van der Waals surface area (Å²) < 4.78 is 5.94. The topological polar surface area (TPSA) is 41.5 Å². The third kappa shape index (κ3) is 2.52. The minimum Gasteiger partial charge on any atom is -0.396 e. The molecule has 1 unspecified atom stereocenters. The van der Waals surface area contributed by atoms with Crippen LogP contribution in [0.4, 0.5) is 0 Å². The van der Waals surface area contributed by atoms with E-state index in [1.165, 1.54) is 12.8 Å². The lowest BCUT2D eigenvalue weighted by molar-refractivity contribution is -0.0501. The van der Waals surface area contributed by atoms with E-state index in [-0.39, 0.29) is 5.72 Å². The molecule has 0 radical (unpaired) electrons. The molecule has 88 valence electrons. The van der Waals surface area contributed by atoms with Gasteiger partial charge in [-0.05, 0) is 44.4 Å². The van der Waals surface area contributed by atoms with Crippen LogP contribution in [-0.2, 0) is 4.74 Å². The number of hydrogen-bond donors (Lipinski definition) is 2. The minimum absolute atomic E-state index is 0.00731. The van der Waals surface area contributed by atoms with Gasteiger partial charge in [-0.1, -0.05) is 6.92 Å². The summed E-state index contributed by atoms with van der Waals surface area (Å²) in [6, 6.07) is 0.555. The van der Waals surface area contributed by atoms with Crippen molar-refractivity contribution >= 4 is 0 Å². The first-order chi connectivity index (χ1) is 7.28. The van der Waals surface area contributed by atoms with Crippen molar-refractivity contribution in [3.05, 3.63) is 0 Å². The molecule has 1 aliphatic heterocycles. The van der Waals surface area contributed by atoms with Gasteiger partial charge in [0.25, 0.3) is 0 Å². The zero-order valence-electron chi connectivity index (χ0n) is 9.67. The van der Waals surface area contributed by atoms with Crippen molar-refractivity contribution in [2.24, 2.45) is 5.92 Å². The molecular formula is C12H23NO2. The van der Waals surface area contributed by atoms with E-state index in [9.17, 15) is 0 Å². The highest BCUT2D eigenvalue weighted by molar-refractivity contribution is 4.92. The van der Waals surface area contributed by atoms with Crippen LogP contribution in [0.1, 0.15) is 45.4 Å². The number of aliphatic hydroxyl groups is 1. The van der Waals surface area contributed by atoms with Gasteiger partial charge >= 0.3 is 0 Å². The van der Waals surface area contributed by atoms with Crippen molar-refractivity contribution in [1.29, 1.82) is 0 Å². The van der Waals surface area contributed by atoms with Gasteiger partial charge in [-0.15, -0.1) is 0 Å². The van der Waals surface area contributed by atoms with E-state index in [0.29, 0.717) is 18.6 Å². The van der Waals surface area contributed by atoms with Crippen molar-refractivity contribution in [1.82, 2.24) is 5.32 Å². The van der Waals surface area contributed by atoms with Gasteiger partial charge in [0.15, 0.2) is 0 Å². The molecule has 0 aromatic rings. The highest BCUT2D eigenvalue weighted by Crippen LogP contribution is 2.37. The van der Waals surface area contributed by atoms with Crippen LogP contribution in [0.3, 0.4) is 0 Å². The average molecular weight is 213 g/mol. The molecule has 15 heavy (non-hydrogen) atoms. The van der Waals surface area contributed by atoms with Crippen molar-refractivity contribution in [2.45, 2.75) is 57.2 Å². The van der Waals surface area contributed by atoms with Crippen molar-refractivity contribution in [3.8, 4) is 0 Å². The van der Waals surface area contributed by atoms with Crippen LogP contribution in [-0.4, -0.2) is 30.1 Å². The van der Waals surface area contributed by atoms with E-state index in [1.807, 2.05) is 0 Å². The Labute approximate surface area is 92.2 Å². The summed E-state index contributed by atoms with van der Waals surface area (Å²) in [5.74, 6) is 0.715. The van der Waals surface area contributed by atoms with E-state index in [0.717, 1.165) is 32.3 Å². The van der Waals surface area contributed by atoms with Gasteiger partial charge in [0.05, 0.1) is 6.61 Å². The summed E-state index contributed by atoms with van der Waals surface area (Å²) in [4.78, 5) is 0. The highest BCUT2D eigenvalue weighted by atomic mass is 16.5. The molecule has 0 bridgehead atoms.